The molecule has 29 heavy (non-hydrogen) atoms. The third-order valence-corrected chi connectivity index (χ3v) is 5.05. The molecule has 3 aromatic rings. The van der Waals surface area contributed by atoms with Gasteiger partial charge in [-0.2, -0.15) is 13.2 Å². The molecule has 0 bridgehead atoms. The van der Waals surface area contributed by atoms with E-state index < -0.39 is 18.0 Å². The van der Waals surface area contributed by atoms with Crippen LogP contribution < -0.4 is 5.32 Å². The molecule has 1 fully saturated rings. The number of carbonyl (C=O) groups excluding carboxylic acids is 1. The van der Waals surface area contributed by atoms with Crippen molar-refractivity contribution in [3.05, 3.63) is 59.8 Å². The molecule has 1 N–H and O–H groups in total. The van der Waals surface area contributed by atoms with E-state index in [0.29, 0.717) is 25.9 Å². The molecule has 1 atom stereocenters. The van der Waals surface area contributed by atoms with Crippen molar-refractivity contribution in [3.63, 3.8) is 0 Å². The summed E-state index contributed by atoms with van der Waals surface area (Å²) in [6.07, 6.45) is -3.43. The second-order valence-electron chi connectivity index (χ2n) is 7.03. The fourth-order valence-corrected chi connectivity index (χ4v) is 3.61. The molecular weight excluding hydrogens is 385 g/mol. The largest absolute Gasteiger partial charge is 0.470 e. The molecule has 9 heteroatoms. The number of fused-ring (bicyclic) bond motifs is 1. The van der Waals surface area contributed by atoms with Gasteiger partial charge in [-0.15, -0.1) is 10.2 Å². The highest BCUT2D eigenvalue weighted by Crippen LogP contribution is 2.32. The zero-order valence-corrected chi connectivity index (χ0v) is 15.4. The third-order valence-electron chi connectivity index (χ3n) is 5.05. The highest BCUT2D eigenvalue weighted by Gasteiger charge is 2.39. The maximum atomic E-state index is 12.7. The standard InChI is InChI=1S/C20H19F3N4O2/c21-20(22,23)18-26-25-17(29-18)15-8-4-10-27(12-15)19(28)24-11-14-7-3-6-13-5-1-2-9-16(13)14/h1-3,5-7,9,15H,4,8,10-12H2,(H,24,28). The van der Waals surface area contributed by atoms with Gasteiger partial charge in [0.2, 0.25) is 5.89 Å². The molecule has 0 aliphatic carbocycles. The average Bonchev–Trinajstić information content (AvgIpc) is 3.23. The van der Waals surface area contributed by atoms with Gasteiger partial charge in [0.1, 0.15) is 0 Å². The second kappa shape index (κ2) is 7.73. The Morgan fingerprint density at radius 1 is 1.17 bits per heavy atom. The number of carbonyl (C=O) groups is 1. The minimum atomic E-state index is -4.67. The quantitative estimate of drug-likeness (QED) is 0.705. The summed E-state index contributed by atoms with van der Waals surface area (Å²) >= 11 is 0. The van der Waals surface area contributed by atoms with Crippen molar-refractivity contribution < 1.29 is 22.4 Å². The Labute approximate surface area is 164 Å². The maximum Gasteiger partial charge on any atom is 0.470 e. The SMILES string of the molecule is O=C(NCc1cccc2ccccc12)N1CCCC(c2nnc(C(F)(F)F)o2)C1. The number of nitrogens with zero attached hydrogens (tertiary/aromatic N) is 3. The topological polar surface area (TPSA) is 71.3 Å². The lowest BCUT2D eigenvalue weighted by Gasteiger charge is -2.31. The summed E-state index contributed by atoms with van der Waals surface area (Å²) in [6, 6.07) is 13.6. The van der Waals surface area contributed by atoms with Gasteiger partial charge in [0.15, 0.2) is 0 Å². The summed E-state index contributed by atoms with van der Waals surface area (Å²) in [5, 5.41) is 11.7. The van der Waals surface area contributed by atoms with Crippen LogP contribution in [-0.2, 0) is 12.7 Å². The van der Waals surface area contributed by atoms with Crippen molar-refractivity contribution in [1.29, 1.82) is 0 Å². The van der Waals surface area contributed by atoms with E-state index in [0.717, 1.165) is 16.3 Å². The number of hydrogen-bond acceptors (Lipinski definition) is 4. The number of nitrogens with one attached hydrogen (secondary N) is 1. The van der Waals surface area contributed by atoms with E-state index in [-0.39, 0.29) is 18.5 Å². The first-order valence-electron chi connectivity index (χ1n) is 9.32. The Balaban J connectivity index is 1.40. The highest BCUT2D eigenvalue weighted by atomic mass is 19.4. The summed E-state index contributed by atoms with van der Waals surface area (Å²) in [7, 11) is 0. The molecule has 2 aromatic carbocycles. The van der Waals surface area contributed by atoms with E-state index in [2.05, 4.69) is 15.5 Å². The molecule has 1 aromatic heterocycles. The number of hydrogen-bond donors (Lipinski definition) is 1. The van der Waals surface area contributed by atoms with Crippen molar-refractivity contribution in [3.8, 4) is 0 Å². The Morgan fingerprint density at radius 3 is 2.76 bits per heavy atom. The molecule has 0 spiro atoms. The molecule has 1 aliphatic rings. The van der Waals surface area contributed by atoms with Gasteiger partial charge in [0.05, 0.1) is 5.92 Å². The van der Waals surface area contributed by atoms with Crippen LogP contribution in [0.25, 0.3) is 10.8 Å². The number of benzene rings is 2. The highest BCUT2D eigenvalue weighted by molar-refractivity contribution is 5.86. The van der Waals surface area contributed by atoms with Crippen LogP contribution in [0.15, 0.2) is 46.9 Å². The van der Waals surface area contributed by atoms with Crippen molar-refractivity contribution in [2.24, 2.45) is 0 Å². The van der Waals surface area contributed by atoms with Crippen LogP contribution in [0.2, 0.25) is 0 Å². The van der Waals surface area contributed by atoms with Crippen molar-refractivity contribution in [2.45, 2.75) is 31.5 Å². The lowest BCUT2D eigenvalue weighted by Crippen LogP contribution is -2.44. The van der Waals surface area contributed by atoms with Gasteiger partial charge in [0, 0.05) is 19.6 Å². The summed E-state index contributed by atoms with van der Waals surface area (Å²) in [5.41, 5.74) is 0.997. The van der Waals surface area contributed by atoms with E-state index in [1.54, 1.807) is 4.90 Å². The summed E-state index contributed by atoms with van der Waals surface area (Å²) < 4.78 is 42.8. The van der Waals surface area contributed by atoms with E-state index >= 15 is 0 Å². The van der Waals surface area contributed by atoms with E-state index in [1.807, 2.05) is 42.5 Å². The maximum absolute atomic E-state index is 12.7. The first-order chi connectivity index (χ1) is 13.9. The number of piperidine rings is 1. The Kier molecular flexibility index (Phi) is 5.12. The number of rotatable bonds is 3. The molecule has 6 nitrogen and oxygen atoms in total. The predicted molar refractivity (Wildman–Crippen MR) is 99.0 cm³/mol. The van der Waals surface area contributed by atoms with Gasteiger partial charge in [0.25, 0.3) is 0 Å². The minimum absolute atomic E-state index is 0.0797. The Bertz CT molecular complexity index is 1010. The summed E-state index contributed by atoms with van der Waals surface area (Å²) in [5.74, 6) is -1.84. The monoisotopic (exact) mass is 404 g/mol. The van der Waals surface area contributed by atoms with E-state index in [9.17, 15) is 18.0 Å². The Hall–Kier alpha value is -3.10. The van der Waals surface area contributed by atoms with Crippen LogP contribution >= 0.6 is 0 Å². The molecule has 1 unspecified atom stereocenters. The minimum Gasteiger partial charge on any atom is -0.417 e. The number of alkyl halides is 3. The third kappa shape index (κ3) is 4.18. The molecule has 1 aliphatic heterocycles. The molecular formula is C20H19F3N4O2. The second-order valence-corrected chi connectivity index (χ2v) is 7.03. The van der Waals surface area contributed by atoms with Gasteiger partial charge in [-0.3, -0.25) is 0 Å². The van der Waals surface area contributed by atoms with Gasteiger partial charge in [-0.25, -0.2) is 4.79 Å². The van der Waals surface area contributed by atoms with Gasteiger partial charge >= 0.3 is 18.1 Å². The van der Waals surface area contributed by atoms with Crippen LogP contribution in [0, 0.1) is 0 Å². The molecule has 2 heterocycles. The smallest absolute Gasteiger partial charge is 0.417 e. The number of urea groups is 1. The lowest BCUT2D eigenvalue weighted by atomic mass is 9.98. The first kappa shape index (κ1) is 19.2. The van der Waals surface area contributed by atoms with E-state index in [4.69, 9.17) is 4.42 Å². The van der Waals surface area contributed by atoms with Crippen LogP contribution in [-0.4, -0.2) is 34.2 Å². The van der Waals surface area contributed by atoms with Crippen molar-refractivity contribution >= 4 is 16.8 Å². The van der Waals surface area contributed by atoms with Gasteiger partial charge in [-0.1, -0.05) is 42.5 Å². The van der Waals surface area contributed by atoms with Crippen LogP contribution in [0.3, 0.4) is 0 Å². The average molecular weight is 404 g/mol. The normalized spacial score (nSPS) is 17.5. The molecule has 4 rings (SSSR count). The van der Waals surface area contributed by atoms with E-state index in [1.165, 1.54) is 0 Å². The number of halogens is 3. The number of aromatic nitrogens is 2. The zero-order chi connectivity index (χ0) is 20.4. The summed E-state index contributed by atoms with van der Waals surface area (Å²) in [6.45, 7) is 1.12. The fourth-order valence-electron chi connectivity index (χ4n) is 3.61. The zero-order valence-electron chi connectivity index (χ0n) is 15.4. The predicted octanol–water partition coefficient (Wildman–Crippen LogP) is 4.33. The molecule has 1 saturated heterocycles. The summed E-state index contributed by atoms with van der Waals surface area (Å²) in [4.78, 5) is 14.2. The first-order valence-corrected chi connectivity index (χ1v) is 9.32. The van der Waals surface area contributed by atoms with Crippen LogP contribution in [0.1, 0.15) is 36.1 Å². The molecule has 0 saturated carbocycles. The van der Waals surface area contributed by atoms with Crippen LogP contribution in [0.5, 0.6) is 0 Å². The Morgan fingerprint density at radius 2 is 1.97 bits per heavy atom. The van der Waals surface area contributed by atoms with Crippen molar-refractivity contribution in [1.82, 2.24) is 20.4 Å². The molecule has 0 radical (unpaired) electrons. The fraction of sp³-hybridized carbons (Fsp3) is 0.350. The number of amides is 2. The molecule has 2 amide bonds. The van der Waals surface area contributed by atoms with Gasteiger partial charge < -0.3 is 14.6 Å². The van der Waals surface area contributed by atoms with Gasteiger partial charge in [-0.05, 0) is 29.2 Å². The molecule has 152 valence electrons. The number of likely N-dealkylation sites (tertiary alicyclic amines) is 1. The van der Waals surface area contributed by atoms with Crippen molar-refractivity contribution in [2.75, 3.05) is 13.1 Å². The van der Waals surface area contributed by atoms with Crippen LogP contribution in [0.4, 0.5) is 18.0 Å². The lowest BCUT2D eigenvalue weighted by molar-refractivity contribution is -0.157.